The molecule has 0 unspecified atom stereocenters. The Morgan fingerprint density at radius 1 is 1.36 bits per heavy atom. The topological polar surface area (TPSA) is 51.2 Å². The summed E-state index contributed by atoms with van der Waals surface area (Å²) in [5.74, 6) is 0. The van der Waals surface area contributed by atoms with Crippen LogP contribution >= 0.6 is 0 Å². The van der Waals surface area contributed by atoms with Crippen LogP contribution in [0.15, 0.2) is 12.2 Å². The van der Waals surface area contributed by atoms with E-state index in [0.717, 1.165) is 12.8 Å². The van der Waals surface area contributed by atoms with E-state index >= 15 is 0 Å². The van der Waals surface area contributed by atoms with E-state index in [4.69, 9.17) is 19.3 Å². The molecule has 0 aliphatic carbocycles. The minimum absolute atomic E-state index is 0.0909. The second-order valence-corrected chi connectivity index (χ2v) is 3.22. The summed E-state index contributed by atoms with van der Waals surface area (Å²) in [6.07, 6.45) is 6.34. The molecule has 2 atom stereocenters. The summed E-state index contributed by atoms with van der Waals surface area (Å²) in [7, 11) is 1.60. The molecular formula is C10H18O4. The monoisotopic (exact) mass is 202 g/mol. The molecule has 0 aromatic heterocycles. The Balaban J connectivity index is 1.84. The molecule has 0 bridgehead atoms. The molecule has 0 saturated carbocycles. The second kappa shape index (κ2) is 6.95. The summed E-state index contributed by atoms with van der Waals surface area (Å²) in [4.78, 5) is 0. The van der Waals surface area contributed by atoms with Gasteiger partial charge in [-0.1, -0.05) is 12.2 Å². The van der Waals surface area contributed by atoms with E-state index in [1.165, 1.54) is 0 Å². The van der Waals surface area contributed by atoms with Crippen LogP contribution < -0.4 is 0 Å². The highest BCUT2D eigenvalue weighted by Crippen LogP contribution is 2.25. The average molecular weight is 202 g/mol. The molecule has 1 fully saturated rings. The van der Waals surface area contributed by atoms with Gasteiger partial charge in [0.1, 0.15) is 12.9 Å². The number of epoxide rings is 1. The van der Waals surface area contributed by atoms with Crippen molar-refractivity contribution in [3.63, 3.8) is 0 Å². The molecule has 82 valence electrons. The predicted molar refractivity (Wildman–Crippen MR) is 51.9 cm³/mol. The van der Waals surface area contributed by atoms with Crippen LogP contribution in [-0.2, 0) is 14.2 Å². The third-order valence-electron chi connectivity index (χ3n) is 2.07. The van der Waals surface area contributed by atoms with Gasteiger partial charge in [0.05, 0.1) is 19.3 Å². The second-order valence-electron chi connectivity index (χ2n) is 3.22. The van der Waals surface area contributed by atoms with Gasteiger partial charge in [-0.15, -0.1) is 0 Å². The highest BCUT2D eigenvalue weighted by Gasteiger charge is 2.36. The van der Waals surface area contributed by atoms with Crippen LogP contribution in [0, 0.1) is 0 Å². The number of rotatable bonds is 8. The van der Waals surface area contributed by atoms with Crippen LogP contribution in [-0.4, -0.2) is 44.4 Å². The Kier molecular flexibility index (Phi) is 5.78. The summed E-state index contributed by atoms with van der Waals surface area (Å²) in [5.41, 5.74) is 0. The summed E-state index contributed by atoms with van der Waals surface area (Å²) in [6, 6.07) is 0. The maximum atomic E-state index is 8.70. The molecule has 4 heteroatoms. The van der Waals surface area contributed by atoms with Crippen LogP contribution in [0.1, 0.15) is 12.8 Å². The lowest BCUT2D eigenvalue weighted by Crippen LogP contribution is -1.98. The zero-order valence-corrected chi connectivity index (χ0v) is 8.52. The first-order valence-electron chi connectivity index (χ1n) is 4.86. The van der Waals surface area contributed by atoms with Gasteiger partial charge in [0.25, 0.3) is 0 Å². The lowest BCUT2D eigenvalue weighted by Gasteiger charge is -1.96. The van der Waals surface area contributed by atoms with Gasteiger partial charge in [0.15, 0.2) is 0 Å². The fourth-order valence-electron chi connectivity index (χ4n) is 1.24. The van der Waals surface area contributed by atoms with Crippen molar-refractivity contribution in [2.75, 3.05) is 27.1 Å². The molecule has 4 nitrogen and oxygen atoms in total. The quantitative estimate of drug-likeness (QED) is 0.272. The Morgan fingerprint density at radius 2 is 2.21 bits per heavy atom. The van der Waals surface area contributed by atoms with Gasteiger partial charge in [0.2, 0.25) is 0 Å². The average Bonchev–Trinajstić information content (AvgIpc) is 2.95. The highest BCUT2D eigenvalue weighted by molar-refractivity contribution is 4.89. The van der Waals surface area contributed by atoms with Crippen molar-refractivity contribution in [3.8, 4) is 0 Å². The molecule has 0 radical (unpaired) electrons. The van der Waals surface area contributed by atoms with Crippen LogP contribution in [0.5, 0.6) is 0 Å². The maximum Gasteiger partial charge on any atom is 0.146 e. The SMILES string of the molecule is COCOC/C=C\CC[C@@H]1O[C@H]1CO. The van der Waals surface area contributed by atoms with Crippen molar-refractivity contribution in [1.29, 1.82) is 0 Å². The molecule has 0 spiro atoms. The van der Waals surface area contributed by atoms with E-state index in [9.17, 15) is 0 Å². The number of hydrogen-bond donors (Lipinski definition) is 1. The third-order valence-corrected chi connectivity index (χ3v) is 2.07. The first kappa shape index (κ1) is 11.7. The van der Waals surface area contributed by atoms with Gasteiger partial charge < -0.3 is 19.3 Å². The van der Waals surface area contributed by atoms with Crippen LogP contribution in [0.3, 0.4) is 0 Å². The van der Waals surface area contributed by atoms with Gasteiger partial charge in [-0.3, -0.25) is 0 Å². The van der Waals surface area contributed by atoms with E-state index in [2.05, 4.69) is 6.08 Å². The molecule has 1 N–H and O–H groups in total. The minimum atomic E-state index is 0.0909. The molecule has 0 aromatic carbocycles. The molecule has 0 aromatic rings. The Morgan fingerprint density at radius 3 is 2.86 bits per heavy atom. The van der Waals surface area contributed by atoms with Gasteiger partial charge in [0, 0.05) is 7.11 Å². The highest BCUT2D eigenvalue weighted by atomic mass is 16.7. The van der Waals surface area contributed by atoms with Gasteiger partial charge in [-0.05, 0) is 12.8 Å². The van der Waals surface area contributed by atoms with E-state index in [-0.39, 0.29) is 18.8 Å². The lowest BCUT2D eigenvalue weighted by atomic mass is 10.2. The summed E-state index contributed by atoms with van der Waals surface area (Å²) < 4.78 is 15.0. The largest absolute Gasteiger partial charge is 0.394 e. The predicted octanol–water partition coefficient (Wildman–Crippen LogP) is 0.703. The van der Waals surface area contributed by atoms with Crippen LogP contribution in [0.4, 0.5) is 0 Å². The number of aliphatic hydroxyl groups is 1. The Labute approximate surface area is 84.5 Å². The fraction of sp³-hybridized carbons (Fsp3) is 0.800. The van der Waals surface area contributed by atoms with Gasteiger partial charge in [-0.2, -0.15) is 0 Å². The van der Waals surface area contributed by atoms with Crippen LogP contribution in [0.25, 0.3) is 0 Å². The molecule has 1 saturated heterocycles. The van der Waals surface area contributed by atoms with E-state index in [0.29, 0.717) is 13.4 Å². The molecule has 0 amide bonds. The van der Waals surface area contributed by atoms with Crippen molar-refractivity contribution in [1.82, 2.24) is 0 Å². The maximum absolute atomic E-state index is 8.70. The van der Waals surface area contributed by atoms with E-state index in [1.807, 2.05) is 6.08 Å². The smallest absolute Gasteiger partial charge is 0.146 e. The summed E-state index contributed by atoms with van der Waals surface area (Å²) in [6.45, 7) is 1.07. The normalized spacial score (nSPS) is 25.9. The standard InChI is InChI=1S/C10H18O4/c1-12-8-13-6-4-2-3-5-9-10(7-11)14-9/h2,4,9-11H,3,5-8H2,1H3/b4-2-/t9-,10-/m0/s1. The lowest BCUT2D eigenvalue weighted by molar-refractivity contribution is -0.0187. The number of hydrogen-bond acceptors (Lipinski definition) is 4. The van der Waals surface area contributed by atoms with Crippen molar-refractivity contribution in [2.24, 2.45) is 0 Å². The zero-order chi connectivity index (χ0) is 10.2. The Hall–Kier alpha value is -0.420. The number of methoxy groups -OCH3 is 1. The first-order chi connectivity index (χ1) is 6.88. The molecule has 1 rings (SSSR count). The van der Waals surface area contributed by atoms with E-state index < -0.39 is 0 Å². The fourth-order valence-corrected chi connectivity index (χ4v) is 1.24. The van der Waals surface area contributed by atoms with Crippen molar-refractivity contribution in [3.05, 3.63) is 12.2 Å². The van der Waals surface area contributed by atoms with Crippen molar-refractivity contribution < 1.29 is 19.3 Å². The molecule has 1 aliphatic heterocycles. The van der Waals surface area contributed by atoms with E-state index in [1.54, 1.807) is 7.11 Å². The summed E-state index contributed by atoms with van der Waals surface area (Å²) in [5, 5.41) is 8.70. The molecule has 1 aliphatic rings. The minimum Gasteiger partial charge on any atom is -0.394 e. The van der Waals surface area contributed by atoms with Crippen molar-refractivity contribution >= 4 is 0 Å². The van der Waals surface area contributed by atoms with Gasteiger partial charge >= 0.3 is 0 Å². The van der Waals surface area contributed by atoms with Gasteiger partial charge in [-0.25, -0.2) is 0 Å². The number of allylic oxidation sites excluding steroid dienone is 1. The molecule has 1 heterocycles. The number of aliphatic hydroxyl groups excluding tert-OH is 1. The van der Waals surface area contributed by atoms with Crippen molar-refractivity contribution in [2.45, 2.75) is 25.0 Å². The molecule has 14 heavy (non-hydrogen) atoms. The molecular weight excluding hydrogens is 184 g/mol. The van der Waals surface area contributed by atoms with Crippen LogP contribution in [0.2, 0.25) is 0 Å². The zero-order valence-electron chi connectivity index (χ0n) is 8.52. The third kappa shape index (κ3) is 4.72. The number of ether oxygens (including phenoxy) is 3. The first-order valence-corrected chi connectivity index (χ1v) is 4.86. The Bertz CT molecular complexity index is 170. The summed E-state index contributed by atoms with van der Waals surface area (Å²) >= 11 is 0.